The Hall–Kier alpha value is -2.15. The van der Waals surface area contributed by atoms with Crippen molar-refractivity contribution in [2.75, 3.05) is 24.8 Å². The zero-order valence-corrected chi connectivity index (χ0v) is 11.0. The molecule has 0 aliphatic rings. The zero-order chi connectivity index (χ0) is 13.8. The topological polar surface area (TPSA) is 72.0 Å². The van der Waals surface area contributed by atoms with Crippen LogP contribution in [-0.2, 0) is 0 Å². The highest BCUT2D eigenvalue weighted by Gasteiger charge is 2.07. The highest BCUT2D eigenvalue weighted by molar-refractivity contribution is 6.28. The molecule has 0 bridgehead atoms. The minimum Gasteiger partial charge on any atom is -0.494 e. The zero-order valence-electron chi connectivity index (χ0n) is 10.2. The van der Waals surface area contributed by atoms with E-state index in [9.17, 15) is 4.39 Å². The van der Waals surface area contributed by atoms with E-state index in [0.29, 0.717) is 11.6 Å². The highest BCUT2D eigenvalue weighted by Crippen LogP contribution is 2.22. The summed E-state index contributed by atoms with van der Waals surface area (Å²) in [6, 6.07) is 4.41. The lowest BCUT2D eigenvalue weighted by atomic mass is 10.3. The van der Waals surface area contributed by atoms with Crippen LogP contribution >= 0.6 is 11.6 Å². The summed E-state index contributed by atoms with van der Waals surface area (Å²) in [4.78, 5) is 11.8. The first-order valence-corrected chi connectivity index (χ1v) is 5.70. The number of nitrogens with zero attached hydrogens (tertiary/aromatic N) is 3. The molecule has 0 spiro atoms. The number of hydrogen-bond donors (Lipinski definition) is 2. The third kappa shape index (κ3) is 3.19. The molecule has 0 saturated carbocycles. The molecule has 1 heterocycles. The molecule has 0 radical (unpaired) electrons. The lowest BCUT2D eigenvalue weighted by Crippen LogP contribution is -2.04. The van der Waals surface area contributed by atoms with E-state index in [1.54, 1.807) is 13.1 Å². The Morgan fingerprint density at radius 1 is 1.21 bits per heavy atom. The Morgan fingerprint density at radius 3 is 2.58 bits per heavy atom. The summed E-state index contributed by atoms with van der Waals surface area (Å²) in [5.74, 6) is 0.210. The van der Waals surface area contributed by atoms with Gasteiger partial charge in [-0.2, -0.15) is 15.0 Å². The number of ether oxygens (including phenoxy) is 1. The molecule has 1 aromatic carbocycles. The molecule has 0 atom stereocenters. The van der Waals surface area contributed by atoms with Crippen LogP contribution in [0.2, 0.25) is 5.28 Å². The Bertz CT molecular complexity index is 595. The van der Waals surface area contributed by atoms with Crippen LogP contribution in [0.4, 0.5) is 22.0 Å². The van der Waals surface area contributed by atoms with Gasteiger partial charge in [0.25, 0.3) is 0 Å². The summed E-state index contributed by atoms with van der Waals surface area (Å²) in [5.41, 5.74) is 0.475. The Kier molecular flexibility index (Phi) is 3.96. The standard InChI is InChI=1S/C11H11ClFN5O/c1-14-10-16-9(12)17-11(18-10)15-6-3-4-8(19-2)7(13)5-6/h3-5H,1-2H3,(H2,14,15,16,17,18). The van der Waals surface area contributed by atoms with Crippen LogP contribution in [0, 0.1) is 5.82 Å². The fraction of sp³-hybridized carbons (Fsp3) is 0.182. The molecule has 0 aliphatic heterocycles. The molecule has 6 nitrogen and oxygen atoms in total. The first kappa shape index (κ1) is 13.3. The van der Waals surface area contributed by atoms with Gasteiger partial charge in [-0.25, -0.2) is 4.39 Å². The molecule has 0 saturated heterocycles. The lowest BCUT2D eigenvalue weighted by Gasteiger charge is -2.08. The number of aromatic nitrogens is 3. The van der Waals surface area contributed by atoms with Crippen LogP contribution in [0.25, 0.3) is 0 Å². The van der Waals surface area contributed by atoms with E-state index in [1.165, 1.54) is 19.2 Å². The van der Waals surface area contributed by atoms with Gasteiger partial charge in [-0.3, -0.25) is 0 Å². The smallest absolute Gasteiger partial charge is 0.233 e. The molecular weight excluding hydrogens is 273 g/mol. The Balaban J connectivity index is 2.25. The maximum Gasteiger partial charge on any atom is 0.233 e. The van der Waals surface area contributed by atoms with Gasteiger partial charge in [0, 0.05) is 18.8 Å². The van der Waals surface area contributed by atoms with Crippen LogP contribution < -0.4 is 15.4 Å². The van der Waals surface area contributed by atoms with Crippen molar-refractivity contribution in [3.8, 4) is 5.75 Å². The van der Waals surface area contributed by atoms with Gasteiger partial charge in [-0.1, -0.05) is 0 Å². The van der Waals surface area contributed by atoms with E-state index in [2.05, 4.69) is 25.6 Å². The van der Waals surface area contributed by atoms with Crippen molar-refractivity contribution in [2.24, 2.45) is 0 Å². The van der Waals surface area contributed by atoms with Crippen molar-refractivity contribution in [1.82, 2.24) is 15.0 Å². The Labute approximate surface area is 114 Å². The van der Waals surface area contributed by atoms with Gasteiger partial charge in [-0.05, 0) is 23.7 Å². The fourth-order valence-electron chi connectivity index (χ4n) is 1.39. The molecular formula is C11H11ClFN5O. The third-order valence-electron chi connectivity index (χ3n) is 2.24. The van der Waals surface area contributed by atoms with Crippen LogP contribution in [0.5, 0.6) is 5.75 Å². The van der Waals surface area contributed by atoms with Gasteiger partial charge in [0.05, 0.1) is 7.11 Å². The molecule has 0 unspecified atom stereocenters. The second kappa shape index (κ2) is 5.66. The number of hydrogen-bond acceptors (Lipinski definition) is 6. The van der Waals surface area contributed by atoms with Gasteiger partial charge in [0.1, 0.15) is 0 Å². The maximum atomic E-state index is 13.5. The van der Waals surface area contributed by atoms with Gasteiger partial charge in [0.15, 0.2) is 11.6 Å². The summed E-state index contributed by atoms with van der Waals surface area (Å²) in [7, 11) is 3.05. The van der Waals surface area contributed by atoms with Gasteiger partial charge < -0.3 is 15.4 Å². The molecule has 100 valence electrons. The number of nitrogens with one attached hydrogen (secondary N) is 2. The van der Waals surface area contributed by atoms with E-state index < -0.39 is 5.82 Å². The van der Waals surface area contributed by atoms with Crippen LogP contribution in [-0.4, -0.2) is 29.1 Å². The molecule has 19 heavy (non-hydrogen) atoms. The first-order chi connectivity index (χ1) is 9.12. The van der Waals surface area contributed by atoms with Crippen molar-refractivity contribution in [2.45, 2.75) is 0 Å². The van der Waals surface area contributed by atoms with Gasteiger partial charge >= 0.3 is 0 Å². The monoisotopic (exact) mass is 283 g/mol. The minimum atomic E-state index is -0.485. The molecule has 2 N–H and O–H groups in total. The van der Waals surface area contributed by atoms with Crippen molar-refractivity contribution in [3.63, 3.8) is 0 Å². The average molecular weight is 284 g/mol. The summed E-state index contributed by atoms with van der Waals surface area (Å²) in [6.07, 6.45) is 0. The van der Waals surface area contributed by atoms with Gasteiger partial charge in [0.2, 0.25) is 17.2 Å². The number of benzene rings is 1. The Morgan fingerprint density at radius 2 is 1.95 bits per heavy atom. The number of rotatable bonds is 4. The number of halogens is 2. The molecule has 2 aromatic rings. The molecule has 1 aromatic heterocycles. The molecule has 0 amide bonds. The summed E-state index contributed by atoms with van der Waals surface area (Å²) in [5, 5.41) is 5.61. The summed E-state index contributed by atoms with van der Waals surface area (Å²) >= 11 is 5.74. The van der Waals surface area contributed by atoms with Crippen molar-refractivity contribution < 1.29 is 9.13 Å². The number of methoxy groups -OCH3 is 1. The van der Waals surface area contributed by atoms with Crippen molar-refractivity contribution >= 4 is 29.2 Å². The van der Waals surface area contributed by atoms with Gasteiger partial charge in [-0.15, -0.1) is 0 Å². The maximum absolute atomic E-state index is 13.5. The normalized spacial score (nSPS) is 10.1. The molecule has 2 rings (SSSR count). The van der Waals surface area contributed by atoms with E-state index in [4.69, 9.17) is 16.3 Å². The van der Waals surface area contributed by atoms with E-state index in [0.717, 1.165) is 0 Å². The third-order valence-corrected chi connectivity index (χ3v) is 2.41. The second-order valence-corrected chi connectivity index (χ2v) is 3.81. The molecule has 0 fully saturated rings. The average Bonchev–Trinajstić information content (AvgIpc) is 2.38. The van der Waals surface area contributed by atoms with Crippen molar-refractivity contribution in [3.05, 3.63) is 29.3 Å². The van der Waals surface area contributed by atoms with Crippen molar-refractivity contribution in [1.29, 1.82) is 0 Å². The quantitative estimate of drug-likeness (QED) is 0.898. The van der Waals surface area contributed by atoms with E-state index in [1.807, 2.05) is 0 Å². The van der Waals surface area contributed by atoms with Crippen LogP contribution in [0.15, 0.2) is 18.2 Å². The van der Waals surface area contributed by atoms with E-state index in [-0.39, 0.29) is 17.0 Å². The van der Waals surface area contributed by atoms with E-state index >= 15 is 0 Å². The second-order valence-electron chi connectivity index (χ2n) is 3.48. The molecule has 0 aliphatic carbocycles. The number of anilines is 3. The predicted molar refractivity (Wildman–Crippen MR) is 70.6 cm³/mol. The minimum absolute atomic E-state index is 0.0378. The van der Waals surface area contributed by atoms with Crippen LogP contribution in [0.3, 0.4) is 0 Å². The highest BCUT2D eigenvalue weighted by atomic mass is 35.5. The summed E-state index contributed by atoms with van der Waals surface area (Å²) in [6.45, 7) is 0. The molecule has 8 heteroatoms. The van der Waals surface area contributed by atoms with Crippen LogP contribution in [0.1, 0.15) is 0 Å². The summed E-state index contributed by atoms with van der Waals surface area (Å²) < 4.78 is 18.4. The lowest BCUT2D eigenvalue weighted by molar-refractivity contribution is 0.386. The largest absolute Gasteiger partial charge is 0.494 e. The fourth-order valence-corrected chi connectivity index (χ4v) is 1.55. The predicted octanol–water partition coefficient (Wildman–Crippen LogP) is 2.46. The first-order valence-electron chi connectivity index (χ1n) is 5.32. The SMILES string of the molecule is CNc1nc(Cl)nc(Nc2ccc(OC)c(F)c2)n1.